The zero-order chi connectivity index (χ0) is 17.1. The molecule has 0 spiro atoms. The molecule has 0 aromatic heterocycles. The van der Waals surface area contributed by atoms with Gasteiger partial charge in [0, 0.05) is 10.7 Å². The molecule has 1 N–H and O–H groups in total. The predicted molar refractivity (Wildman–Crippen MR) is 101 cm³/mol. The zero-order valence-electron chi connectivity index (χ0n) is 12.3. The SMILES string of the molecule is O=C1/C(=C/c2ccccc2Cl)SC(=S)N1CNc1cccc(F)c1. The van der Waals surface area contributed by atoms with E-state index in [9.17, 15) is 9.18 Å². The highest BCUT2D eigenvalue weighted by Crippen LogP contribution is 2.33. The number of amides is 1. The Bertz CT molecular complexity index is 841. The van der Waals surface area contributed by atoms with Gasteiger partial charge in [0.2, 0.25) is 0 Å². The molecule has 3 nitrogen and oxygen atoms in total. The Labute approximate surface area is 153 Å². The summed E-state index contributed by atoms with van der Waals surface area (Å²) in [6.07, 6.45) is 1.73. The molecule has 0 atom stereocenters. The minimum atomic E-state index is -0.344. The topological polar surface area (TPSA) is 32.3 Å². The first-order valence-electron chi connectivity index (χ1n) is 7.04. The van der Waals surface area contributed by atoms with Gasteiger partial charge in [-0.1, -0.05) is 59.8 Å². The first-order chi connectivity index (χ1) is 11.5. The van der Waals surface area contributed by atoms with Crippen LogP contribution >= 0.6 is 35.6 Å². The van der Waals surface area contributed by atoms with E-state index in [1.165, 1.54) is 28.8 Å². The van der Waals surface area contributed by atoms with E-state index in [1.807, 2.05) is 18.2 Å². The third-order valence-electron chi connectivity index (χ3n) is 3.33. The Balaban J connectivity index is 1.73. The number of thioether (sulfide) groups is 1. The highest BCUT2D eigenvalue weighted by molar-refractivity contribution is 8.26. The van der Waals surface area contributed by atoms with E-state index in [1.54, 1.807) is 24.3 Å². The van der Waals surface area contributed by atoms with Crippen LogP contribution in [0.2, 0.25) is 5.02 Å². The maximum Gasteiger partial charge on any atom is 0.267 e. The van der Waals surface area contributed by atoms with Gasteiger partial charge in [-0.15, -0.1) is 0 Å². The summed E-state index contributed by atoms with van der Waals surface area (Å²) in [6.45, 7) is 0.175. The number of hydrogen-bond donors (Lipinski definition) is 1. The van der Waals surface area contributed by atoms with E-state index in [0.29, 0.717) is 19.9 Å². The Morgan fingerprint density at radius 1 is 1.25 bits per heavy atom. The maximum atomic E-state index is 13.2. The third kappa shape index (κ3) is 3.77. The minimum Gasteiger partial charge on any atom is -0.367 e. The Hall–Kier alpha value is -1.89. The van der Waals surface area contributed by atoms with Crippen LogP contribution in [0.15, 0.2) is 53.4 Å². The molecule has 7 heteroatoms. The second kappa shape index (κ2) is 7.34. The number of anilines is 1. The predicted octanol–water partition coefficient (Wildman–Crippen LogP) is 4.75. The lowest BCUT2D eigenvalue weighted by atomic mass is 10.2. The summed E-state index contributed by atoms with van der Waals surface area (Å²) in [6, 6.07) is 13.3. The van der Waals surface area contributed by atoms with E-state index >= 15 is 0 Å². The number of rotatable bonds is 4. The fourth-order valence-corrected chi connectivity index (χ4v) is 3.57. The van der Waals surface area contributed by atoms with Crippen molar-refractivity contribution in [3.05, 3.63) is 69.8 Å². The summed E-state index contributed by atoms with van der Waals surface area (Å²) in [4.78, 5) is 14.5. The van der Waals surface area contributed by atoms with E-state index < -0.39 is 0 Å². The minimum absolute atomic E-state index is 0.175. The number of thiocarbonyl (C=S) groups is 1. The zero-order valence-corrected chi connectivity index (χ0v) is 14.7. The number of nitrogens with zero attached hydrogens (tertiary/aromatic N) is 1. The number of carbonyl (C=O) groups excluding carboxylic acids is 1. The number of hydrogen-bond acceptors (Lipinski definition) is 4. The van der Waals surface area contributed by atoms with Crippen LogP contribution in [0.1, 0.15) is 5.56 Å². The van der Waals surface area contributed by atoms with Crippen molar-refractivity contribution >= 4 is 57.6 Å². The van der Waals surface area contributed by atoms with E-state index in [4.69, 9.17) is 23.8 Å². The standard InChI is InChI=1S/C17H12ClFN2OS2/c18-14-7-2-1-4-11(14)8-15-16(22)21(17(23)24-15)10-20-13-6-3-5-12(19)9-13/h1-9,20H,10H2/b15-8-. The Morgan fingerprint density at radius 3 is 2.79 bits per heavy atom. The van der Waals surface area contributed by atoms with Gasteiger partial charge in [-0.3, -0.25) is 9.69 Å². The van der Waals surface area contributed by atoms with E-state index in [0.717, 1.165) is 5.56 Å². The lowest BCUT2D eigenvalue weighted by Crippen LogP contribution is -2.33. The van der Waals surface area contributed by atoms with Gasteiger partial charge in [0.1, 0.15) is 10.1 Å². The van der Waals surface area contributed by atoms with Gasteiger partial charge in [-0.05, 0) is 35.9 Å². The van der Waals surface area contributed by atoms with Gasteiger partial charge in [0.15, 0.2) is 0 Å². The molecule has 24 heavy (non-hydrogen) atoms. The van der Waals surface area contributed by atoms with Crippen LogP contribution in [0.3, 0.4) is 0 Å². The van der Waals surface area contributed by atoms with Gasteiger partial charge < -0.3 is 5.32 Å². The Kier molecular flexibility index (Phi) is 5.18. The fourth-order valence-electron chi connectivity index (χ4n) is 2.14. The molecule has 1 heterocycles. The van der Waals surface area contributed by atoms with Crippen LogP contribution in [-0.4, -0.2) is 21.8 Å². The smallest absolute Gasteiger partial charge is 0.267 e. The van der Waals surface area contributed by atoms with Crippen molar-refractivity contribution in [1.29, 1.82) is 0 Å². The lowest BCUT2D eigenvalue weighted by Gasteiger charge is -2.16. The second-order valence-electron chi connectivity index (χ2n) is 4.98. The molecule has 1 amide bonds. The molecule has 1 fully saturated rings. The van der Waals surface area contributed by atoms with Gasteiger partial charge in [0.05, 0.1) is 11.6 Å². The highest BCUT2D eigenvalue weighted by atomic mass is 35.5. The normalized spacial score (nSPS) is 16.1. The quantitative estimate of drug-likeness (QED) is 0.614. The average molecular weight is 379 g/mol. The highest BCUT2D eigenvalue weighted by Gasteiger charge is 2.31. The summed E-state index contributed by atoms with van der Waals surface area (Å²) < 4.78 is 13.6. The summed E-state index contributed by atoms with van der Waals surface area (Å²) in [7, 11) is 0. The van der Waals surface area contributed by atoms with Crippen LogP contribution in [-0.2, 0) is 4.79 Å². The van der Waals surface area contributed by atoms with Crippen molar-refractivity contribution in [2.24, 2.45) is 0 Å². The van der Waals surface area contributed by atoms with Crippen molar-refractivity contribution in [3.63, 3.8) is 0 Å². The number of nitrogens with one attached hydrogen (secondary N) is 1. The first-order valence-corrected chi connectivity index (χ1v) is 8.64. The number of carbonyl (C=O) groups is 1. The summed E-state index contributed by atoms with van der Waals surface area (Å²) in [5.41, 5.74) is 1.34. The van der Waals surface area contributed by atoms with Crippen LogP contribution in [0, 0.1) is 5.82 Å². The molecule has 1 aliphatic rings. The summed E-state index contributed by atoms with van der Waals surface area (Å²) in [5, 5.41) is 3.57. The van der Waals surface area contributed by atoms with E-state index in [2.05, 4.69) is 5.32 Å². The second-order valence-corrected chi connectivity index (χ2v) is 7.06. The summed E-state index contributed by atoms with van der Waals surface area (Å²) >= 11 is 12.6. The van der Waals surface area contributed by atoms with Crippen molar-refractivity contribution < 1.29 is 9.18 Å². The molecule has 0 radical (unpaired) electrons. The van der Waals surface area contributed by atoms with Crippen LogP contribution in [0.25, 0.3) is 6.08 Å². The molecule has 1 aliphatic heterocycles. The van der Waals surface area contributed by atoms with Crippen molar-refractivity contribution in [2.45, 2.75) is 0 Å². The average Bonchev–Trinajstić information content (AvgIpc) is 2.82. The van der Waals surface area contributed by atoms with Crippen molar-refractivity contribution in [2.75, 3.05) is 12.0 Å². The van der Waals surface area contributed by atoms with Gasteiger partial charge in [-0.25, -0.2) is 4.39 Å². The molecule has 1 saturated heterocycles. The molecular weight excluding hydrogens is 367 g/mol. The molecule has 2 aromatic rings. The monoisotopic (exact) mass is 378 g/mol. The first kappa shape index (κ1) is 17.0. The molecule has 2 aromatic carbocycles. The van der Waals surface area contributed by atoms with Crippen LogP contribution in [0.5, 0.6) is 0 Å². The van der Waals surface area contributed by atoms with Crippen molar-refractivity contribution in [1.82, 2.24) is 4.90 Å². The molecule has 0 unspecified atom stereocenters. The van der Waals surface area contributed by atoms with Crippen LogP contribution in [0.4, 0.5) is 10.1 Å². The van der Waals surface area contributed by atoms with Gasteiger partial charge >= 0.3 is 0 Å². The number of halogens is 2. The Morgan fingerprint density at radius 2 is 2.04 bits per heavy atom. The molecule has 0 saturated carbocycles. The molecule has 122 valence electrons. The molecule has 3 rings (SSSR count). The van der Waals surface area contributed by atoms with Crippen molar-refractivity contribution in [3.8, 4) is 0 Å². The third-order valence-corrected chi connectivity index (χ3v) is 5.05. The maximum absolute atomic E-state index is 13.2. The van der Waals surface area contributed by atoms with Crippen LogP contribution < -0.4 is 5.32 Å². The summed E-state index contributed by atoms with van der Waals surface area (Å²) in [5.74, 6) is -0.544. The van der Waals surface area contributed by atoms with Gasteiger partial charge in [0.25, 0.3) is 5.91 Å². The molecule has 0 bridgehead atoms. The largest absolute Gasteiger partial charge is 0.367 e. The van der Waals surface area contributed by atoms with Gasteiger partial charge in [-0.2, -0.15) is 0 Å². The lowest BCUT2D eigenvalue weighted by molar-refractivity contribution is -0.121. The molecular formula is C17H12ClFN2OS2. The number of benzene rings is 2. The molecule has 0 aliphatic carbocycles. The van der Waals surface area contributed by atoms with E-state index in [-0.39, 0.29) is 18.4 Å². The fraction of sp³-hybridized carbons (Fsp3) is 0.0588.